The first-order chi connectivity index (χ1) is 12.8. The quantitative estimate of drug-likeness (QED) is 0.341. The molecular formula is C15H23N6O5S+. The van der Waals surface area contributed by atoms with Gasteiger partial charge in [-0.25, -0.2) is 15.0 Å². The third kappa shape index (κ3) is 3.99. The standard InChI is InChI=1S/C15H22N6O5S/c1-27(8(16)2-3-9(22)23)4-7-11(24)12(25)15(26-7)21-6-20-10-13(17)18-5-19-14(10)21/h5-8,11-12,15,24-25H,2-4,16H2,1H3,(H2-,17,18,19,22,23)/p+1/t7-,8?,11-,12-,15-,27?/m1/s1. The van der Waals surface area contributed by atoms with Crippen LogP contribution >= 0.6 is 0 Å². The number of carboxylic acid groups (broad SMARTS) is 1. The Hall–Kier alpha value is -1.99. The van der Waals surface area contributed by atoms with Gasteiger partial charge in [0.25, 0.3) is 0 Å². The molecule has 7 N–H and O–H groups in total. The van der Waals surface area contributed by atoms with Crippen molar-refractivity contribution in [3.05, 3.63) is 12.7 Å². The zero-order chi connectivity index (χ0) is 19.7. The van der Waals surface area contributed by atoms with Gasteiger partial charge in [-0.05, 0) is 0 Å². The van der Waals surface area contributed by atoms with Gasteiger partial charge in [-0.2, -0.15) is 0 Å². The number of aliphatic hydroxyl groups is 2. The second-order valence-electron chi connectivity index (χ2n) is 6.46. The van der Waals surface area contributed by atoms with E-state index < -0.39 is 41.4 Å². The molecule has 2 aromatic heterocycles. The summed E-state index contributed by atoms with van der Waals surface area (Å²) in [4.78, 5) is 22.8. The third-order valence-corrected chi connectivity index (χ3v) is 6.71. The van der Waals surface area contributed by atoms with Crippen LogP contribution in [0.4, 0.5) is 5.82 Å². The maximum absolute atomic E-state index is 10.7. The summed E-state index contributed by atoms with van der Waals surface area (Å²) in [6.45, 7) is 0. The molecule has 1 fully saturated rings. The van der Waals surface area contributed by atoms with Crippen molar-refractivity contribution in [1.29, 1.82) is 0 Å². The molecule has 0 saturated carbocycles. The molecule has 1 saturated heterocycles. The zero-order valence-corrected chi connectivity index (χ0v) is 15.5. The first-order valence-electron chi connectivity index (χ1n) is 8.33. The van der Waals surface area contributed by atoms with Crippen LogP contribution in [0.5, 0.6) is 0 Å². The third-order valence-electron chi connectivity index (χ3n) is 4.59. The number of rotatable bonds is 7. The molecule has 6 atom stereocenters. The second kappa shape index (κ2) is 7.94. The van der Waals surface area contributed by atoms with E-state index >= 15 is 0 Å². The highest BCUT2D eigenvalue weighted by atomic mass is 32.2. The van der Waals surface area contributed by atoms with Crippen LogP contribution in [0.3, 0.4) is 0 Å². The lowest BCUT2D eigenvalue weighted by molar-refractivity contribution is -0.137. The molecule has 3 rings (SSSR count). The number of carboxylic acids is 1. The van der Waals surface area contributed by atoms with Crippen molar-refractivity contribution in [1.82, 2.24) is 19.5 Å². The van der Waals surface area contributed by atoms with Gasteiger partial charge in [0, 0.05) is 17.3 Å². The molecule has 0 radical (unpaired) electrons. The van der Waals surface area contributed by atoms with E-state index in [1.54, 1.807) is 0 Å². The first kappa shape index (κ1) is 19.8. The van der Waals surface area contributed by atoms with E-state index in [1.807, 2.05) is 6.26 Å². The maximum atomic E-state index is 10.7. The van der Waals surface area contributed by atoms with Gasteiger partial charge in [-0.1, -0.05) is 0 Å². The van der Waals surface area contributed by atoms with Gasteiger partial charge in [-0.15, -0.1) is 0 Å². The van der Waals surface area contributed by atoms with Crippen LogP contribution in [-0.2, 0) is 20.4 Å². The predicted molar refractivity (Wildman–Crippen MR) is 98.7 cm³/mol. The number of hydrogen-bond donors (Lipinski definition) is 5. The van der Waals surface area contributed by atoms with Crippen LogP contribution in [-0.4, -0.2) is 76.5 Å². The minimum Gasteiger partial charge on any atom is -0.481 e. The van der Waals surface area contributed by atoms with Gasteiger partial charge >= 0.3 is 5.97 Å². The Morgan fingerprint density at radius 3 is 2.81 bits per heavy atom. The smallest absolute Gasteiger partial charge is 0.303 e. The molecule has 1 aliphatic heterocycles. The van der Waals surface area contributed by atoms with Gasteiger partial charge in [0.15, 0.2) is 23.1 Å². The molecule has 27 heavy (non-hydrogen) atoms. The van der Waals surface area contributed by atoms with Crippen LogP contribution < -0.4 is 11.5 Å². The molecule has 2 aromatic rings. The van der Waals surface area contributed by atoms with Crippen LogP contribution in [0.15, 0.2) is 12.7 Å². The number of aliphatic carboxylic acids is 1. The SMILES string of the molecule is C[S+](C[C@H]1O[C@@H](n2cnc3c(N)ncnc32)[C@H](O)[C@@H]1O)C(N)CCC(=O)O. The maximum Gasteiger partial charge on any atom is 0.303 e. The van der Waals surface area contributed by atoms with Crippen LogP contribution in [0.1, 0.15) is 19.1 Å². The Bertz CT molecular complexity index is 819. The highest BCUT2D eigenvalue weighted by molar-refractivity contribution is 7.96. The van der Waals surface area contributed by atoms with E-state index in [0.717, 1.165) is 0 Å². The number of anilines is 1. The molecule has 11 nitrogen and oxygen atoms in total. The summed E-state index contributed by atoms with van der Waals surface area (Å²) in [6.07, 6.45) is 1.11. The average molecular weight is 399 g/mol. The molecule has 0 aliphatic carbocycles. The van der Waals surface area contributed by atoms with Gasteiger partial charge < -0.3 is 25.8 Å². The number of nitrogens with two attached hydrogens (primary N) is 2. The lowest BCUT2D eigenvalue weighted by atomic mass is 10.1. The van der Waals surface area contributed by atoms with E-state index in [0.29, 0.717) is 23.3 Å². The van der Waals surface area contributed by atoms with Crippen LogP contribution in [0.25, 0.3) is 11.2 Å². The first-order valence-corrected chi connectivity index (χ1v) is 10.2. The summed E-state index contributed by atoms with van der Waals surface area (Å²) in [5, 5.41) is 29.3. The van der Waals surface area contributed by atoms with E-state index in [-0.39, 0.29) is 17.6 Å². The van der Waals surface area contributed by atoms with E-state index in [2.05, 4.69) is 15.0 Å². The predicted octanol–water partition coefficient (Wildman–Crippen LogP) is -1.57. The Morgan fingerprint density at radius 1 is 1.37 bits per heavy atom. The Balaban J connectivity index is 1.72. The fraction of sp³-hybridized carbons (Fsp3) is 0.600. The number of aromatic nitrogens is 4. The molecule has 0 aromatic carbocycles. The summed E-state index contributed by atoms with van der Waals surface area (Å²) in [6, 6.07) is 0. The summed E-state index contributed by atoms with van der Waals surface area (Å²) in [7, 11) is -0.401. The van der Waals surface area contributed by atoms with Crippen molar-refractivity contribution in [2.45, 2.75) is 42.8 Å². The Morgan fingerprint density at radius 2 is 2.11 bits per heavy atom. The fourth-order valence-electron chi connectivity index (χ4n) is 3.00. The lowest BCUT2D eigenvalue weighted by Crippen LogP contribution is -2.40. The number of hydrogen-bond acceptors (Lipinski definition) is 9. The Labute approximate surface area is 157 Å². The minimum atomic E-state index is -1.18. The highest BCUT2D eigenvalue weighted by Gasteiger charge is 2.47. The highest BCUT2D eigenvalue weighted by Crippen LogP contribution is 2.33. The van der Waals surface area contributed by atoms with Gasteiger partial charge in [-0.3, -0.25) is 15.1 Å². The van der Waals surface area contributed by atoms with E-state index in [1.165, 1.54) is 17.2 Å². The number of aliphatic hydroxyl groups excluding tert-OH is 2. The van der Waals surface area contributed by atoms with Crippen molar-refractivity contribution in [2.24, 2.45) is 5.73 Å². The summed E-state index contributed by atoms with van der Waals surface area (Å²) >= 11 is 0. The number of nitrogens with zero attached hydrogens (tertiary/aromatic N) is 4. The van der Waals surface area contributed by atoms with Gasteiger partial charge in [0.2, 0.25) is 0 Å². The van der Waals surface area contributed by atoms with Gasteiger partial charge in [0.1, 0.15) is 35.9 Å². The number of imidazole rings is 1. The monoisotopic (exact) mass is 399 g/mol. The molecule has 3 heterocycles. The summed E-state index contributed by atoms with van der Waals surface area (Å²) in [5.74, 6) is -0.287. The summed E-state index contributed by atoms with van der Waals surface area (Å²) in [5.41, 5.74) is 12.6. The van der Waals surface area contributed by atoms with E-state index in [4.69, 9.17) is 21.3 Å². The van der Waals surface area contributed by atoms with Gasteiger partial charge in [0.05, 0.1) is 19.0 Å². The van der Waals surface area contributed by atoms with Crippen LogP contribution in [0.2, 0.25) is 0 Å². The van der Waals surface area contributed by atoms with Crippen molar-refractivity contribution < 1.29 is 24.9 Å². The molecule has 0 amide bonds. The number of ether oxygens (including phenoxy) is 1. The number of fused-ring (bicyclic) bond motifs is 1. The Kier molecular flexibility index (Phi) is 5.81. The molecule has 2 unspecified atom stereocenters. The topological polar surface area (TPSA) is 183 Å². The minimum absolute atomic E-state index is 0.0139. The van der Waals surface area contributed by atoms with E-state index in [9.17, 15) is 15.0 Å². The number of nitrogen functional groups attached to an aromatic ring is 1. The largest absolute Gasteiger partial charge is 0.481 e. The summed E-state index contributed by atoms with van der Waals surface area (Å²) < 4.78 is 7.39. The normalized spacial score (nSPS) is 27.7. The molecule has 0 bridgehead atoms. The molecule has 12 heteroatoms. The van der Waals surface area contributed by atoms with Crippen molar-refractivity contribution in [3.63, 3.8) is 0 Å². The van der Waals surface area contributed by atoms with Crippen molar-refractivity contribution in [2.75, 3.05) is 17.7 Å². The molecular weight excluding hydrogens is 376 g/mol. The molecule has 1 aliphatic rings. The zero-order valence-electron chi connectivity index (χ0n) is 14.7. The van der Waals surface area contributed by atoms with Crippen LogP contribution in [0, 0.1) is 0 Å². The fourth-order valence-corrected chi connectivity index (χ4v) is 4.56. The molecule has 0 spiro atoms. The second-order valence-corrected chi connectivity index (χ2v) is 8.78. The molecule has 148 valence electrons. The van der Waals surface area contributed by atoms with Crippen molar-refractivity contribution >= 4 is 33.8 Å². The van der Waals surface area contributed by atoms with Crippen molar-refractivity contribution in [3.8, 4) is 0 Å². The lowest BCUT2D eigenvalue weighted by Gasteiger charge is -2.17. The average Bonchev–Trinajstić information content (AvgIpc) is 3.17. The number of carbonyl (C=O) groups is 1.